The molecule has 3 aromatic carbocycles. The van der Waals surface area contributed by atoms with Crippen LogP contribution in [0.25, 0.3) is 6.08 Å². The van der Waals surface area contributed by atoms with E-state index in [0.717, 1.165) is 44.9 Å². The monoisotopic (exact) mass is 456 g/mol. The van der Waals surface area contributed by atoms with Crippen LogP contribution in [0.2, 0.25) is 0 Å². The highest BCUT2D eigenvalue weighted by Gasteiger charge is 2.07. The highest BCUT2D eigenvalue weighted by Crippen LogP contribution is 2.28. The molecule has 0 fully saturated rings. The molecule has 0 saturated heterocycles. The maximum absolute atomic E-state index is 12.4. The number of carbonyl (C=O) groups excluding carboxylic acids is 2. The van der Waals surface area contributed by atoms with Crippen LogP contribution in [0.5, 0.6) is 0 Å². The zero-order valence-corrected chi connectivity index (χ0v) is 20.4. The first kappa shape index (κ1) is 24.7. The van der Waals surface area contributed by atoms with Crippen LogP contribution in [-0.4, -0.2) is 11.6 Å². The van der Waals surface area contributed by atoms with Crippen LogP contribution in [0.15, 0.2) is 88.7 Å². The van der Waals surface area contributed by atoms with Gasteiger partial charge >= 0.3 is 0 Å². The SMILES string of the molecule is CCCCCCCC(=O)c1ccc(Sc2ccc(C=CC(=O)c3ccccc3C)cc2)cc1. The van der Waals surface area contributed by atoms with Crippen LogP contribution in [0, 0.1) is 6.92 Å². The lowest BCUT2D eigenvalue weighted by Crippen LogP contribution is -1.98. The Kier molecular flexibility index (Phi) is 9.71. The fourth-order valence-corrected chi connectivity index (χ4v) is 4.45. The Bertz CT molecular complexity index is 1080. The summed E-state index contributed by atoms with van der Waals surface area (Å²) in [5, 5.41) is 0. The van der Waals surface area contributed by atoms with Gasteiger partial charge in [-0.1, -0.05) is 99.0 Å². The third-order valence-electron chi connectivity index (χ3n) is 5.64. The third-order valence-corrected chi connectivity index (χ3v) is 6.65. The quantitative estimate of drug-likeness (QED) is 0.155. The maximum Gasteiger partial charge on any atom is 0.186 e. The lowest BCUT2D eigenvalue weighted by Gasteiger charge is -2.05. The Morgan fingerprint density at radius 2 is 1.42 bits per heavy atom. The van der Waals surface area contributed by atoms with Crippen LogP contribution < -0.4 is 0 Å². The molecule has 0 bridgehead atoms. The van der Waals surface area contributed by atoms with Gasteiger partial charge in [0.1, 0.15) is 0 Å². The van der Waals surface area contributed by atoms with Crippen LogP contribution in [0.3, 0.4) is 0 Å². The van der Waals surface area contributed by atoms with Crippen LogP contribution >= 0.6 is 11.8 Å². The van der Waals surface area contributed by atoms with Crippen molar-refractivity contribution in [2.45, 2.75) is 62.2 Å². The van der Waals surface area contributed by atoms with E-state index < -0.39 is 0 Å². The molecule has 0 saturated carbocycles. The number of ketones is 2. The summed E-state index contributed by atoms with van der Waals surface area (Å²) in [7, 11) is 0. The summed E-state index contributed by atoms with van der Waals surface area (Å²) in [4.78, 5) is 27.0. The number of unbranched alkanes of at least 4 members (excludes halogenated alkanes) is 4. The van der Waals surface area contributed by atoms with E-state index in [1.807, 2.05) is 73.7 Å². The molecule has 0 aromatic heterocycles. The van der Waals surface area contributed by atoms with E-state index in [2.05, 4.69) is 19.1 Å². The lowest BCUT2D eigenvalue weighted by atomic mass is 10.0. The average molecular weight is 457 g/mol. The predicted octanol–water partition coefficient (Wildman–Crippen LogP) is 8.59. The van der Waals surface area contributed by atoms with E-state index in [9.17, 15) is 9.59 Å². The minimum Gasteiger partial charge on any atom is -0.294 e. The zero-order chi connectivity index (χ0) is 23.5. The van der Waals surface area contributed by atoms with Crippen molar-refractivity contribution in [2.75, 3.05) is 0 Å². The molecule has 0 amide bonds. The Hall–Kier alpha value is -2.91. The van der Waals surface area contributed by atoms with Gasteiger partial charge in [-0.25, -0.2) is 0 Å². The summed E-state index contributed by atoms with van der Waals surface area (Å²) in [6.07, 6.45) is 9.93. The second-order valence-corrected chi connectivity index (χ2v) is 9.44. The number of hydrogen-bond donors (Lipinski definition) is 0. The minimum atomic E-state index is 0.0159. The van der Waals surface area contributed by atoms with Crippen molar-refractivity contribution in [1.82, 2.24) is 0 Å². The number of allylic oxidation sites excluding steroid dienone is 1. The Morgan fingerprint density at radius 1 is 0.788 bits per heavy atom. The van der Waals surface area contributed by atoms with Crippen molar-refractivity contribution in [3.8, 4) is 0 Å². The van der Waals surface area contributed by atoms with Gasteiger partial charge in [-0.05, 0) is 54.8 Å². The molecule has 0 N–H and O–H groups in total. The molecule has 0 radical (unpaired) electrons. The first-order valence-electron chi connectivity index (χ1n) is 11.8. The molecule has 170 valence electrons. The second kappa shape index (κ2) is 13.0. The fourth-order valence-electron chi connectivity index (χ4n) is 3.64. The minimum absolute atomic E-state index is 0.0159. The Labute approximate surface area is 202 Å². The summed E-state index contributed by atoms with van der Waals surface area (Å²) in [6.45, 7) is 4.15. The van der Waals surface area contributed by atoms with Gasteiger partial charge in [0.15, 0.2) is 11.6 Å². The number of benzene rings is 3. The summed E-state index contributed by atoms with van der Waals surface area (Å²) in [5.41, 5.74) is 3.51. The van der Waals surface area contributed by atoms with Gasteiger partial charge < -0.3 is 0 Å². The average Bonchev–Trinajstić information content (AvgIpc) is 2.84. The zero-order valence-electron chi connectivity index (χ0n) is 19.6. The van der Waals surface area contributed by atoms with E-state index in [0.29, 0.717) is 6.42 Å². The van der Waals surface area contributed by atoms with E-state index in [-0.39, 0.29) is 11.6 Å². The van der Waals surface area contributed by atoms with Gasteiger partial charge in [-0.3, -0.25) is 9.59 Å². The summed E-state index contributed by atoms with van der Waals surface area (Å²) >= 11 is 1.66. The molecule has 3 heteroatoms. The highest BCUT2D eigenvalue weighted by molar-refractivity contribution is 7.99. The van der Waals surface area contributed by atoms with Crippen LogP contribution in [0.4, 0.5) is 0 Å². The van der Waals surface area contributed by atoms with Crippen LogP contribution in [-0.2, 0) is 0 Å². The van der Waals surface area contributed by atoms with Crippen molar-refractivity contribution < 1.29 is 9.59 Å². The van der Waals surface area contributed by atoms with E-state index in [1.54, 1.807) is 17.8 Å². The summed E-state index contributed by atoms with van der Waals surface area (Å²) in [5.74, 6) is 0.251. The molecule has 0 aliphatic heterocycles. The number of hydrogen-bond acceptors (Lipinski definition) is 3. The summed E-state index contributed by atoms with van der Waals surface area (Å²) in [6, 6.07) is 23.7. The van der Waals surface area contributed by atoms with Crippen molar-refractivity contribution in [2.24, 2.45) is 0 Å². The van der Waals surface area contributed by atoms with Crippen molar-refractivity contribution in [3.63, 3.8) is 0 Å². The first-order chi connectivity index (χ1) is 16.1. The summed E-state index contributed by atoms with van der Waals surface area (Å²) < 4.78 is 0. The molecule has 0 unspecified atom stereocenters. The second-order valence-electron chi connectivity index (χ2n) is 8.30. The van der Waals surface area contributed by atoms with Gasteiger partial charge in [0.2, 0.25) is 0 Å². The van der Waals surface area contributed by atoms with Gasteiger partial charge in [0.05, 0.1) is 0 Å². The fraction of sp³-hybridized carbons (Fsp3) is 0.267. The van der Waals surface area contributed by atoms with E-state index in [1.165, 1.54) is 19.3 Å². The predicted molar refractivity (Wildman–Crippen MR) is 139 cm³/mol. The van der Waals surface area contributed by atoms with Gasteiger partial charge in [0, 0.05) is 27.3 Å². The molecule has 0 atom stereocenters. The molecule has 3 aromatic rings. The molecule has 0 aliphatic carbocycles. The standard InChI is InChI=1S/C30H32O2S/c1-3-4-5-6-7-12-29(31)25-16-20-27(21-17-25)33-26-18-13-24(14-19-26)15-22-30(32)28-11-9-8-10-23(28)2/h8-11,13-22H,3-7,12H2,1-2H3. The lowest BCUT2D eigenvalue weighted by molar-refractivity contribution is 0.0978. The Morgan fingerprint density at radius 3 is 2.09 bits per heavy atom. The maximum atomic E-state index is 12.4. The number of Topliss-reactive ketones (excluding diaryl/α,β-unsaturated/α-hetero) is 1. The van der Waals surface area contributed by atoms with Gasteiger partial charge in [0.25, 0.3) is 0 Å². The third kappa shape index (κ3) is 7.87. The highest BCUT2D eigenvalue weighted by atomic mass is 32.2. The number of carbonyl (C=O) groups is 2. The molecule has 33 heavy (non-hydrogen) atoms. The van der Waals surface area contributed by atoms with Crippen molar-refractivity contribution >= 4 is 29.4 Å². The van der Waals surface area contributed by atoms with E-state index in [4.69, 9.17) is 0 Å². The Balaban J connectivity index is 1.52. The molecule has 0 aliphatic rings. The number of aryl methyl sites for hydroxylation is 1. The van der Waals surface area contributed by atoms with Crippen molar-refractivity contribution in [1.29, 1.82) is 0 Å². The number of rotatable bonds is 12. The topological polar surface area (TPSA) is 34.1 Å². The largest absolute Gasteiger partial charge is 0.294 e. The molecule has 2 nitrogen and oxygen atoms in total. The molecular weight excluding hydrogens is 424 g/mol. The molecular formula is C30H32O2S. The van der Waals surface area contributed by atoms with Gasteiger partial charge in [-0.15, -0.1) is 0 Å². The van der Waals surface area contributed by atoms with E-state index >= 15 is 0 Å². The van der Waals surface area contributed by atoms with Gasteiger partial charge in [-0.2, -0.15) is 0 Å². The van der Waals surface area contributed by atoms with Crippen LogP contribution in [0.1, 0.15) is 77.3 Å². The smallest absolute Gasteiger partial charge is 0.186 e. The molecule has 0 heterocycles. The molecule has 0 spiro atoms. The first-order valence-corrected chi connectivity index (χ1v) is 12.6. The van der Waals surface area contributed by atoms with Crippen molar-refractivity contribution in [3.05, 3.63) is 101 Å². The molecule has 3 rings (SSSR count). The normalized spacial score (nSPS) is 11.1.